The molecule has 0 saturated carbocycles. The molecule has 1 saturated heterocycles. The van der Waals surface area contributed by atoms with Crippen LogP contribution in [0.25, 0.3) is 10.9 Å². The molecule has 1 fully saturated rings. The smallest absolute Gasteiger partial charge is 0.145 e. The van der Waals surface area contributed by atoms with Crippen LogP contribution in [0, 0.1) is 6.92 Å². The molecule has 2 aromatic heterocycles. The molecule has 3 aromatic rings. The molecule has 0 amide bonds. The van der Waals surface area contributed by atoms with Gasteiger partial charge in [-0.15, -0.1) is 0 Å². The number of aryl methyl sites for hydroxylation is 2. The molecular weight excluding hydrogens is 326 g/mol. The van der Waals surface area contributed by atoms with E-state index >= 15 is 0 Å². The Morgan fingerprint density at radius 1 is 1.12 bits per heavy atom. The van der Waals surface area contributed by atoms with Crippen LogP contribution in [0.5, 0.6) is 5.75 Å². The van der Waals surface area contributed by atoms with Crippen molar-refractivity contribution in [2.75, 3.05) is 38.2 Å². The van der Waals surface area contributed by atoms with Crippen LogP contribution >= 0.6 is 0 Å². The highest BCUT2D eigenvalue weighted by molar-refractivity contribution is 5.96. The number of imidazole rings is 1. The van der Waals surface area contributed by atoms with Gasteiger partial charge in [0.25, 0.3) is 0 Å². The first-order valence-corrected chi connectivity index (χ1v) is 9.03. The Labute approximate surface area is 154 Å². The van der Waals surface area contributed by atoms with E-state index in [9.17, 15) is 0 Å². The molecule has 0 aliphatic carbocycles. The molecule has 4 rings (SSSR count). The summed E-state index contributed by atoms with van der Waals surface area (Å²) in [6.45, 7) is 7.10. The van der Waals surface area contributed by atoms with Crippen molar-refractivity contribution in [2.45, 2.75) is 13.5 Å². The third-order valence-corrected chi connectivity index (χ3v) is 5.21. The summed E-state index contributed by atoms with van der Waals surface area (Å²) in [7, 11) is 3.75. The molecule has 0 atom stereocenters. The number of nitrogens with zero attached hydrogens (tertiary/aromatic N) is 5. The average Bonchev–Trinajstić information content (AvgIpc) is 3.06. The SMILES string of the molecule is COc1cccc2c(N3CCN(Cc4nccn4C)CC3)c(C)cnc12. The van der Waals surface area contributed by atoms with Crippen molar-refractivity contribution >= 4 is 16.6 Å². The zero-order chi connectivity index (χ0) is 18.1. The molecule has 1 aliphatic heterocycles. The molecule has 6 heteroatoms. The normalized spacial score (nSPS) is 15.6. The van der Waals surface area contributed by atoms with Gasteiger partial charge in [0.15, 0.2) is 0 Å². The molecule has 0 N–H and O–H groups in total. The zero-order valence-corrected chi connectivity index (χ0v) is 15.6. The molecule has 1 aliphatic rings. The molecule has 1 aromatic carbocycles. The van der Waals surface area contributed by atoms with Crippen LogP contribution in [-0.2, 0) is 13.6 Å². The van der Waals surface area contributed by atoms with E-state index in [-0.39, 0.29) is 0 Å². The van der Waals surface area contributed by atoms with Gasteiger partial charge in [0.05, 0.1) is 19.3 Å². The molecule has 136 valence electrons. The molecule has 6 nitrogen and oxygen atoms in total. The summed E-state index contributed by atoms with van der Waals surface area (Å²) < 4.78 is 7.59. The van der Waals surface area contributed by atoms with Crippen LogP contribution in [0.15, 0.2) is 36.8 Å². The lowest BCUT2D eigenvalue weighted by atomic mass is 10.1. The fraction of sp³-hybridized carbons (Fsp3) is 0.400. The molecule has 3 heterocycles. The zero-order valence-electron chi connectivity index (χ0n) is 15.6. The number of pyridine rings is 1. The maximum Gasteiger partial charge on any atom is 0.145 e. The van der Waals surface area contributed by atoms with Gasteiger partial charge >= 0.3 is 0 Å². The first-order chi connectivity index (χ1) is 12.7. The van der Waals surface area contributed by atoms with Gasteiger partial charge in [0, 0.05) is 57.2 Å². The van der Waals surface area contributed by atoms with E-state index in [2.05, 4.69) is 44.4 Å². The lowest BCUT2D eigenvalue weighted by molar-refractivity contribution is 0.242. The first-order valence-electron chi connectivity index (χ1n) is 9.03. The first kappa shape index (κ1) is 16.8. The van der Waals surface area contributed by atoms with Gasteiger partial charge in [-0.1, -0.05) is 12.1 Å². The summed E-state index contributed by atoms with van der Waals surface area (Å²) in [5.41, 5.74) is 3.43. The quantitative estimate of drug-likeness (QED) is 0.723. The van der Waals surface area contributed by atoms with Crippen LogP contribution < -0.4 is 9.64 Å². The van der Waals surface area contributed by atoms with E-state index in [1.165, 1.54) is 16.6 Å². The summed E-state index contributed by atoms with van der Waals surface area (Å²) in [4.78, 5) is 14.0. The average molecular weight is 351 g/mol. The highest BCUT2D eigenvalue weighted by Gasteiger charge is 2.22. The second-order valence-electron chi connectivity index (χ2n) is 6.86. The minimum Gasteiger partial charge on any atom is -0.494 e. The van der Waals surface area contributed by atoms with Crippen LogP contribution in [0.1, 0.15) is 11.4 Å². The number of hydrogen-bond donors (Lipinski definition) is 0. The monoisotopic (exact) mass is 351 g/mol. The molecule has 26 heavy (non-hydrogen) atoms. The Kier molecular flexibility index (Phi) is 4.51. The number of ether oxygens (including phenoxy) is 1. The number of hydrogen-bond acceptors (Lipinski definition) is 5. The van der Waals surface area contributed by atoms with Gasteiger partial charge in [-0.05, 0) is 18.6 Å². The van der Waals surface area contributed by atoms with Crippen molar-refractivity contribution in [3.63, 3.8) is 0 Å². The fourth-order valence-corrected chi connectivity index (χ4v) is 3.74. The highest BCUT2D eigenvalue weighted by atomic mass is 16.5. The summed E-state index contributed by atoms with van der Waals surface area (Å²) in [5, 5.41) is 1.17. The third kappa shape index (κ3) is 3.01. The van der Waals surface area contributed by atoms with E-state index in [0.717, 1.165) is 49.8 Å². The minimum absolute atomic E-state index is 0.831. The van der Waals surface area contributed by atoms with Gasteiger partial charge in [-0.25, -0.2) is 4.98 Å². The number of rotatable bonds is 4. The fourth-order valence-electron chi connectivity index (χ4n) is 3.74. The van der Waals surface area contributed by atoms with Gasteiger partial charge in [-0.3, -0.25) is 9.88 Å². The van der Waals surface area contributed by atoms with Crippen molar-refractivity contribution in [3.05, 3.63) is 48.2 Å². The highest BCUT2D eigenvalue weighted by Crippen LogP contribution is 2.34. The standard InChI is InChI=1S/C20H25N5O/c1-15-13-22-19-16(5-4-6-17(19)26-3)20(15)25-11-9-24(10-12-25)14-18-21-7-8-23(18)2/h4-8,13H,9-12,14H2,1-3H3. The van der Waals surface area contributed by atoms with Gasteiger partial charge in [0.2, 0.25) is 0 Å². The number of piperazine rings is 1. The van der Waals surface area contributed by atoms with Crippen molar-refractivity contribution in [2.24, 2.45) is 7.05 Å². The number of benzene rings is 1. The number of fused-ring (bicyclic) bond motifs is 1. The van der Waals surface area contributed by atoms with E-state index in [1.54, 1.807) is 7.11 Å². The summed E-state index contributed by atoms with van der Waals surface area (Å²) >= 11 is 0. The summed E-state index contributed by atoms with van der Waals surface area (Å²) in [6.07, 6.45) is 5.83. The maximum absolute atomic E-state index is 5.50. The molecule has 0 spiro atoms. The van der Waals surface area contributed by atoms with Gasteiger partial charge < -0.3 is 14.2 Å². The predicted octanol–water partition coefficient (Wildman–Crippen LogP) is 2.61. The van der Waals surface area contributed by atoms with Crippen molar-refractivity contribution in [3.8, 4) is 5.75 Å². The van der Waals surface area contributed by atoms with Crippen LogP contribution in [0.3, 0.4) is 0 Å². The molecule has 0 unspecified atom stereocenters. The molecular formula is C20H25N5O. The Morgan fingerprint density at radius 2 is 1.92 bits per heavy atom. The number of methoxy groups -OCH3 is 1. The number of para-hydroxylation sites is 1. The van der Waals surface area contributed by atoms with Crippen LogP contribution in [0.2, 0.25) is 0 Å². The van der Waals surface area contributed by atoms with Gasteiger partial charge in [0.1, 0.15) is 17.1 Å². The Balaban J connectivity index is 1.56. The lowest BCUT2D eigenvalue weighted by Gasteiger charge is -2.37. The Morgan fingerprint density at radius 3 is 2.62 bits per heavy atom. The molecule has 0 bridgehead atoms. The molecule has 0 radical (unpaired) electrons. The predicted molar refractivity (Wildman–Crippen MR) is 104 cm³/mol. The Bertz CT molecular complexity index is 912. The Hall–Kier alpha value is -2.60. The largest absolute Gasteiger partial charge is 0.494 e. The summed E-state index contributed by atoms with van der Waals surface area (Å²) in [5.74, 6) is 1.95. The van der Waals surface area contributed by atoms with Crippen molar-refractivity contribution < 1.29 is 4.74 Å². The van der Waals surface area contributed by atoms with Crippen LogP contribution in [-0.4, -0.2) is 52.7 Å². The van der Waals surface area contributed by atoms with Crippen molar-refractivity contribution in [1.82, 2.24) is 19.4 Å². The van der Waals surface area contributed by atoms with E-state index < -0.39 is 0 Å². The number of anilines is 1. The second-order valence-corrected chi connectivity index (χ2v) is 6.86. The van der Waals surface area contributed by atoms with Gasteiger partial charge in [-0.2, -0.15) is 0 Å². The lowest BCUT2D eigenvalue weighted by Crippen LogP contribution is -2.46. The second kappa shape index (κ2) is 6.96. The topological polar surface area (TPSA) is 46.4 Å². The van der Waals surface area contributed by atoms with Crippen molar-refractivity contribution in [1.29, 1.82) is 0 Å². The van der Waals surface area contributed by atoms with E-state index in [1.807, 2.05) is 30.7 Å². The van der Waals surface area contributed by atoms with E-state index in [0.29, 0.717) is 0 Å². The third-order valence-electron chi connectivity index (χ3n) is 5.21. The minimum atomic E-state index is 0.831. The number of aromatic nitrogens is 3. The van der Waals surface area contributed by atoms with Crippen LogP contribution in [0.4, 0.5) is 5.69 Å². The van der Waals surface area contributed by atoms with E-state index in [4.69, 9.17) is 4.74 Å². The summed E-state index contributed by atoms with van der Waals surface area (Å²) in [6, 6.07) is 6.16. The maximum atomic E-state index is 5.50.